The zero-order valence-corrected chi connectivity index (χ0v) is 20.8. The summed E-state index contributed by atoms with van der Waals surface area (Å²) in [5.41, 5.74) is 2.10. The van der Waals surface area contributed by atoms with Crippen LogP contribution in [0.3, 0.4) is 0 Å². The number of aliphatic imine (C=N–C) groups is 1. The summed E-state index contributed by atoms with van der Waals surface area (Å²) in [4.78, 5) is 25.1. The molecule has 2 aliphatic heterocycles. The van der Waals surface area contributed by atoms with Gasteiger partial charge in [0.25, 0.3) is 10.0 Å². The number of nitrogens with one attached hydrogen (secondary N) is 1. The number of piperazine rings is 1. The number of thioether (sulfide) groups is 1. The molecule has 1 fully saturated rings. The van der Waals surface area contributed by atoms with Crippen LogP contribution in [-0.4, -0.2) is 86.2 Å². The minimum absolute atomic E-state index is 0.144. The van der Waals surface area contributed by atoms with Gasteiger partial charge in [-0.05, 0) is 30.6 Å². The lowest BCUT2D eigenvalue weighted by molar-refractivity contribution is -0.131. The van der Waals surface area contributed by atoms with Gasteiger partial charge >= 0.3 is 0 Å². The molecule has 5 rings (SSSR count). The van der Waals surface area contributed by atoms with Crippen molar-refractivity contribution >= 4 is 60.7 Å². The third-order valence-electron chi connectivity index (χ3n) is 6.06. The van der Waals surface area contributed by atoms with Gasteiger partial charge in [-0.15, -0.1) is 11.3 Å². The molecule has 8 nitrogen and oxygen atoms in total. The molecule has 3 aromatic rings. The highest BCUT2D eigenvalue weighted by Gasteiger charge is 2.32. The average molecular weight is 504 g/mol. The lowest BCUT2D eigenvalue weighted by Crippen LogP contribution is -2.49. The fourth-order valence-electron chi connectivity index (χ4n) is 4.08. The van der Waals surface area contributed by atoms with Crippen molar-refractivity contribution in [3.63, 3.8) is 0 Å². The second-order valence-electron chi connectivity index (χ2n) is 8.21. The standard InChI is InChI=1S/C22H25N5O3S3/c1-25-8-10-27(11-9-25)22(28)18-14-23-21(32-18)16-13-15-5-3-6-17(20(15)24-16)26(2)33(29,30)19-7-4-12-31-19/h3-7,12-13,18,24H,8-11,14H2,1-2H3. The van der Waals surface area contributed by atoms with Crippen LogP contribution in [-0.2, 0) is 14.8 Å². The quantitative estimate of drug-likeness (QED) is 0.578. The van der Waals surface area contributed by atoms with Crippen LogP contribution in [0, 0.1) is 0 Å². The molecule has 2 aromatic heterocycles. The Labute approximate surface area is 201 Å². The number of H-pyrrole nitrogens is 1. The predicted octanol–water partition coefficient (Wildman–Crippen LogP) is 2.69. The number of fused-ring (bicyclic) bond motifs is 1. The van der Waals surface area contributed by atoms with Gasteiger partial charge in [0.1, 0.15) is 14.5 Å². The van der Waals surface area contributed by atoms with Crippen LogP contribution in [0.25, 0.3) is 10.9 Å². The number of hydrogen-bond acceptors (Lipinski definition) is 7. The lowest BCUT2D eigenvalue weighted by atomic mass is 10.2. The number of benzene rings is 1. The van der Waals surface area contributed by atoms with E-state index in [0.29, 0.717) is 16.4 Å². The topological polar surface area (TPSA) is 89.1 Å². The average Bonchev–Trinajstić information content (AvgIpc) is 3.58. The number of likely N-dealkylation sites (N-methyl/N-ethyl adjacent to an activating group) is 1. The molecule has 1 amide bonds. The molecule has 4 heterocycles. The molecule has 0 saturated carbocycles. The van der Waals surface area contributed by atoms with Gasteiger partial charge in [0, 0.05) is 38.6 Å². The van der Waals surface area contributed by atoms with Crippen molar-refractivity contribution in [3.05, 3.63) is 47.5 Å². The minimum atomic E-state index is -3.64. The van der Waals surface area contributed by atoms with Crippen molar-refractivity contribution in [1.29, 1.82) is 0 Å². The summed E-state index contributed by atoms with van der Waals surface area (Å²) >= 11 is 2.68. The molecule has 1 saturated heterocycles. The highest BCUT2D eigenvalue weighted by molar-refractivity contribution is 8.15. The number of sulfonamides is 1. The fraction of sp³-hybridized carbons (Fsp3) is 0.364. The molecule has 33 heavy (non-hydrogen) atoms. The molecule has 0 radical (unpaired) electrons. The molecular weight excluding hydrogens is 478 g/mol. The van der Waals surface area contributed by atoms with Crippen LogP contribution in [0.4, 0.5) is 5.69 Å². The van der Waals surface area contributed by atoms with Crippen LogP contribution in [0.1, 0.15) is 5.69 Å². The molecule has 0 spiro atoms. The van der Waals surface area contributed by atoms with Crippen LogP contribution < -0.4 is 4.31 Å². The summed E-state index contributed by atoms with van der Waals surface area (Å²) in [7, 11) is -0.00710. The van der Waals surface area contributed by atoms with Gasteiger partial charge in [0.15, 0.2) is 0 Å². The first-order chi connectivity index (χ1) is 15.8. The number of anilines is 1. The van der Waals surface area contributed by atoms with Crippen molar-refractivity contribution in [3.8, 4) is 0 Å². The van der Waals surface area contributed by atoms with Crippen molar-refractivity contribution in [1.82, 2.24) is 14.8 Å². The number of amides is 1. The number of para-hydroxylation sites is 1. The Morgan fingerprint density at radius 1 is 1.18 bits per heavy atom. The summed E-state index contributed by atoms with van der Waals surface area (Å²) in [6.07, 6.45) is 0. The van der Waals surface area contributed by atoms with E-state index in [-0.39, 0.29) is 11.2 Å². The SMILES string of the molecule is CN1CCN(C(=O)C2CN=C(c3cc4cccc(N(C)S(=O)(=O)c5cccs5)c4[nH]3)S2)CC1. The Morgan fingerprint density at radius 3 is 2.70 bits per heavy atom. The maximum Gasteiger partial charge on any atom is 0.273 e. The Morgan fingerprint density at radius 2 is 1.97 bits per heavy atom. The second-order valence-corrected chi connectivity index (χ2v) is 12.5. The first-order valence-electron chi connectivity index (χ1n) is 10.7. The van der Waals surface area contributed by atoms with E-state index in [2.05, 4.69) is 21.9 Å². The van der Waals surface area contributed by atoms with Gasteiger partial charge in [-0.2, -0.15) is 0 Å². The van der Waals surface area contributed by atoms with Gasteiger partial charge in [-0.25, -0.2) is 8.42 Å². The number of thiophene rings is 1. The maximum absolute atomic E-state index is 13.0. The Kier molecular flexibility index (Phi) is 5.98. The third kappa shape index (κ3) is 4.18. The summed E-state index contributed by atoms with van der Waals surface area (Å²) in [5, 5.41) is 3.22. The highest BCUT2D eigenvalue weighted by atomic mass is 32.2. The van der Waals surface area contributed by atoms with Crippen LogP contribution in [0.15, 0.2) is 51.0 Å². The van der Waals surface area contributed by atoms with E-state index >= 15 is 0 Å². The zero-order chi connectivity index (χ0) is 23.2. The van der Waals surface area contributed by atoms with Crippen molar-refractivity contribution in [2.45, 2.75) is 9.46 Å². The van der Waals surface area contributed by atoms with Gasteiger partial charge < -0.3 is 14.8 Å². The zero-order valence-electron chi connectivity index (χ0n) is 18.4. The maximum atomic E-state index is 13.0. The Hall–Kier alpha value is -2.34. The molecule has 0 aliphatic carbocycles. The molecule has 2 aliphatic rings. The minimum Gasteiger partial charge on any atom is -0.351 e. The number of rotatable bonds is 5. The second kappa shape index (κ2) is 8.79. The Balaban J connectivity index is 1.37. The molecule has 1 unspecified atom stereocenters. The van der Waals surface area contributed by atoms with Gasteiger partial charge in [0.05, 0.1) is 23.4 Å². The van der Waals surface area contributed by atoms with E-state index in [4.69, 9.17) is 0 Å². The number of carbonyl (C=O) groups is 1. The number of aromatic amines is 1. The molecule has 1 N–H and O–H groups in total. The molecule has 1 atom stereocenters. The first-order valence-corrected chi connectivity index (χ1v) is 13.9. The first kappa shape index (κ1) is 22.5. The Bertz CT molecular complexity index is 1310. The van der Waals surface area contributed by atoms with Crippen LogP contribution in [0.5, 0.6) is 0 Å². The van der Waals surface area contributed by atoms with E-state index in [9.17, 15) is 13.2 Å². The molecule has 174 valence electrons. The van der Waals surface area contributed by atoms with Crippen LogP contribution in [0.2, 0.25) is 0 Å². The van der Waals surface area contributed by atoms with E-state index in [0.717, 1.165) is 47.8 Å². The number of nitrogens with zero attached hydrogens (tertiary/aromatic N) is 4. The summed E-state index contributed by atoms with van der Waals surface area (Å²) in [6, 6.07) is 10.9. The van der Waals surface area contributed by atoms with Crippen molar-refractivity contribution < 1.29 is 13.2 Å². The predicted molar refractivity (Wildman–Crippen MR) is 135 cm³/mol. The smallest absolute Gasteiger partial charge is 0.273 e. The number of carbonyl (C=O) groups excluding carboxylic acids is 1. The van der Waals surface area contributed by atoms with E-state index in [1.54, 1.807) is 30.6 Å². The van der Waals surface area contributed by atoms with Gasteiger partial charge in [0.2, 0.25) is 5.91 Å². The number of hydrogen-bond donors (Lipinski definition) is 1. The summed E-state index contributed by atoms with van der Waals surface area (Å²) in [6.45, 7) is 3.75. The highest BCUT2D eigenvalue weighted by Crippen LogP contribution is 2.34. The molecule has 0 bridgehead atoms. The summed E-state index contributed by atoms with van der Waals surface area (Å²) in [5.74, 6) is 0.144. The fourth-order valence-corrected chi connectivity index (χ4v) is 7.50. The molecular formula is C22H25N5O3S3. The number of aromatic nitrogens is 1. The van der Waals surface area contributed by atoms with E-state index in [1.807, 2.05) is 23.1 Å². The third-order valence-corrected chi connectivity index (χ3v) is 10.4. The largest absolute Gasteiger partial charge is 0.351 e. The van der Waals surface area contributed by atoms with Gasteiger partial charge in [-0.1, -0.05) is 30.0 Å². The van der Waals surface area contributed by atoms with E-state index in [1.165, 1.54) is 27.4 Å². The van der Waals surface area contributed by atoms with E-state index < -0.39 is 10.0 Å². The van der Waals surface area contributed by atoms with Crippen LogP contribution >= 0.6 is 23.1 Å². The van der Waals surface area contributed by atoms with Gasteiger partial charge in [-0.3, -0.25) is 14.1 Å². The van der Waals surface area contributed by atoms with Crippen molar-refractivity contribution in [2.75, 3.05) is 51.1 Å². The molecule has 11 heteroatoms. The monoisotopic (exact) mass is 503 g/mol. The van der Waals surface area contributed by atoms with Crippen molar-refractivity contribution in [2.24, 2.45) is 4.99 Å². The summed E-state index contributed by atoms with van der Waals surface area (Å²) < 4.78 is 27.7. The lowest BCUT2D eigenvalue weighted by Gasteiger charge is -2.33. The normalized spacial score (nSPS) is 19.8. The molecule has 1 aromatic carbocycles.